The third kappa shape index (κ3) is 2.82. The second-order valence-electron chi connectivity index (χ2n) is 6.81. The summed E-state index contributed by atoms with van der Waals surface area (Å²) in [6, 6.07) is -0.321. The van der Waals surface area contributed by atoms with Crippen LogP contribution < -0.4 is 5.32 Å². The molecule has 0 aromatic rings. The third-order valence-corrected chi connectivity index (χ3v) is 5.47. The lowest BCUT2D eigenvalue weighted by Crippen LogP contribution is -2.49. The highest BCUT2D eigenvalue weighted by atomic mass is 16.2. The van der Waals surface area contributed by atoms with Gasteiger partial charge in [0.1, 0.15) is 12.1 Å². The first kappa shape index (κ1) is 16.2. The lowest BCUT2D eigenvalue weighted by molar-refractivity contribution is -0.140. The Morgan fingerprint density at radius 1 is 1.09 bits per heavy atom. The Balaban J connectivity index is 1.71. The van der Waals surface area contributed by atoms with E-state index in [0.29, 0.717) is 25.9 Å². The predicted octanol–water partition coefficient (Wildman–Crippen LogP) is 0.405. The van der Waals surface area contributed by atoms with E-state index in [1.165, 1.54) is 4.90 Å². The number of imide groups is 1. The molecule has 3 fully saturated rings. The van der Waals surface area contributed by atoms with E-state index in [1.807, 2.05) is 0 Å². The lowest BCUT2D eigenvalue weighted by atomic mass is 9.81. The molecule has 1 spiro atoms. The second kappa shape index (κ2) is 6.47. The first-order chi connectivity index (χ1) is 11.1. The van der Waals surface area contributed by atoms with Gasteiger partial charge in [0.05, 0.1) is 0 Å². The van der Waals surface area contributed by atoms with Crippen molar-refractivity contribution in [1.82, 2.24) is 20.0 Å². The van der Waals surface area contributed by atoms with Crippen LogP contribution in [0.2, 0.25) is 0 Å². The number of nitrogens with one attached hydrogen (secondary N) is 1. The Kier molecular flexibility index (Phi) is 4.57. The van der Waals surface area contributed by atoms with Gasteiger partial charge in [-0.2, -0.15) is 0 Å². The molecule has 2 heterocycles. The van der Waals surface area contributed by atoms with Crippen molar-refractivity contribution in [3.05, 3.63) is 0 Å². The summed E-state index contributed by atoms with van der Waals surface area (Å²) < 4.78 is 0. The van der Waals surface area contributed by atoms with Crippen LogP contribution in [0.4, 0.5) is 4.79 Å². The minimum atomic E-state index is -0.698. The summed E-state index contributed by atoms with van der Waals surface area (Å²) in [5.74, 6) is -0.303. The Hall–Kier alpha value is -1.63. The Bertz CT molecular complexity index is 494. The minimum absolute atomic E-state index is 0.121. The molecule has 3 rings (SSSR count). The number of likely N-dealkylation sites (N-methyl/N-ethyl adjacent to an activating group) is 1. The zero-order valence-corrected chi connectivity index (χ0v) is 13.8. The average Bonchev–Trinajstić information content (AvgIpc) is 2.82. The predicted molar refractivity (Wildman–Crippen MR) is 84.8 cm³/mol. The topological polar surface area (TPSA) is 73.0 Å². The number of carbonyl (C=O) groups is 3. The van der Waals surface area contributed by atoms with Crippen LogP contribution in [0.1, 0.15) is 38.5 Å². The molecule has 128 valence electrons. The van der Waals surface area contributed by atoms with E-state index >= 15 is 0 Å². The fraction of sp³-hybridized carbons (Fsp3) is 0.812. The minimum Gasteiger partial charge on any atom is -0.340 e. The first-order valence-corrected chi connectivity index (χ1v) is 8.64. The molecule has 2 saturated heterocycles. The van der Waals surface area contributed by atoms with Crippen LogP contribution in [0.25, 0.3) is 0 Å². The van der Waals surface area contributed by atoms with Crippen LogP contribution in [0.15, 0.2) is 0 Å². The van der Waals surface area contributed by atoms with E-state index in [-0.39, 0.29) is 24.4 Å². The monoisotopic (exact) mass is 322 g/mol. The Morgan fingerprint density at radius 3 is 2.57 bits per heavy atom. The molecule has 0 atom stereocenters. The smallest absolute Gasteiger partial charge is 0.327 e. The number of amides is 4. The summed E-state index contributed by atoms with van der Waals surface area (Å²) in [4.78, 5) is 42.4. The van der Waals surface area contributed by atoms with E-state index in [1.54, 1.807) is 16.8 Å². The van der Waals surface area contributed by atoms with Gasteiger partial charge in [-0.05, 0) is 25.8 Å². The standard InChI is InChI=1S/C16H26N4O3/c1-18-15(23)20(14(22)16(18)6-3-2-4-7-16)12-13(21)19-10-5-8-17-9-11-19/h17H,2-12H2,1H3. The van der Waals surface area contributed by atoms with Crippen molar-refractivity contribution < 1.29 is 14.4 Å². The van der Waals surface area contributed by atoms with Crippen molar-refractivity contribution >= 4 is 17.8 Å². The van der Waals surface area contributed by atoms with Gasteiger partial charge >= 0.3 is 6.03 Å². The summed E-state index contributed by atoms with van der Waals surface area (Å²) in [5, 5.41) is 3.25. The summed E-state index contributed by atoms with van der Waals surface area (Å²) in [6.45, 7) is 2.86. The molecule has 1 N–H and O–H groups in total. The molecule has 0 aromatic carbocycles. The maximum atomic E-state index is 12.9. The van der Waals surface area contributed by atoms with Gasteiger partial charge in [0, 0.05) is 26.7 Å². The highest BCUT2D eigenvalue weighted by molar-refractivity contribution is 6.08. The molecule has 2 aliphatic heterocycles. The van der Waals surface area contributed by atoms with Crippen LogP contribution >= 0.6 is 0 Å². The van der Waals surface area contributed by atoms with Crippen molar-refractivity contribution in [2.75, 3.05) is 39.8 Å². The number of urea groups is 1. The molecular weight excluding hydrogens is 296 g/mol. The van der Waals surface area contributed by atoms with E-state index in [9.17, 15) is 14.4 Å². The van der Waals surface area contributed by atoms with Crippen LogP contribution in [-0.2, 0) is 9.59 Å². The molecule has 1 aliphatic carbocycles. The van der Waals surface area contributed by atoms with Gasteiger partial charge in [-0.15, -0.1) is 0 Å². The van der Waals surface area contributed by atoms with Crippen molar-refractivity contribution in [1.29, 1.82) is 0 Å². The van der Waals surface area contributed by atoms with Crippen molar-refractivity contribution in [3.8, 4) is 0 Å². The van der Waals surface area contributed by atoms with E-state index in [2.05, 4.69) is 5.32 Å². The highest BCUT2D eigenvalue weighted by Gasteiger charge is 2.55. The molecule has 7 nitrogen and oxygen atoms in total. The van der Waals surface area contributed by atoms with E-state index in [0.717, 1.165) is 38.8 Å². The summed E-state index contributed by atoms with van der Waals surface area (Å²) in [7, 11) is 1.70. The first-order valence-electron chi connectivity index (χ1n) is 8.64. The molecule has 3 aliphatic rings. The van der Waals surface area contributed by atoms with Gasteiger partial charge in [-0.1, -0.05) is 19.3 Å². The normalized spacial score (nSPS) is 25.2. The Labute approximate surface area is 137 Å². The van der Waals surface area contributed by atoms with Crippen LogP contribution in [0.5, 0.6) is 0 Å². The quantitative estimate of drug-likeness (QED) is 0.747. The van der Waals surface area contributed by atoms with E-state index < -0.39 is 5.54 Å². The maximum absolute atomic E-state index is 12.9. The number of rotatable bonds is 2. The van der Waals surface area contributed by atoms with Gasteiger partial charge in [-0.25, -0.2) is 4.79 Å². The van der Waals surface area contributed by atoms with Gasteiger partial charge < -0.3 is 15.1 Å². The summed E-state index contributed by atoms with van der Waals surface area (Å²) >= 11 is 0. The molecule has 0 aromatic heterocycles. The van der Waals surface area contributed by atoms with Gasteiger partial charge in [0.15, 0.2) is 0 Å². The molecule has 7 heteroatoms. The molecule has 1 saturated carbocycles. The molecule has 0 unspecified atom stereocenters. The fourth-order valence-electron chi connectivity index (χ4n) is 4.00. The molecular formula is C16H26N4O3. The van der Waals surface area contributed by atoms with Crippen LogP contribution in [0, 0.1) is 0 Å². The van der Waals surface area contributed by atoms with Crippen molar-refractivity contribution in [2.45, 2.75) is 44.1 Å². The van der Waals surface area contributed by atoms with Crippen molar-refractivity contribution in [2.24, 2.45) is 0 Å². The molecule has 0 radical (unpaired) electrons. The maximum Gasteiger partial charge on any atom is 0.327 e. The fourth-order valence-corrected chi connectivity index (χ4v) is 4.00. The van der Waals surface area contributed by atoms with Crippen molar-refractivity contribution in [3.63, 3.8) is 0 Å². The number of nitrogens with zero attached hydrogens (tertiary/aromatic N) is 3. The molecule has 23 heavy (non-hydrogen) atoms. The zero-order chi connectivity index (χ0) is 16.4. The van der Waals surface area contributed by atoms with Crippen LogP contribution in [-0.4, -0.2) is 77.9 Å². The Morgan fingerprint density at radius 2 is 1.83 bits per heavy atom. The number of carbonyl (C=O) groups excluding carboxylic acids is 3. The average molecular weight is 322 g/mol. The van der Waals surface area contributed by atoms with Gasteiger partial charge in [0.25, 0.3) is 5.91 Å². The number of hydrogen-bond donors (Lipinski definition) is 1. The van der Waals surface area contributed by atoms with E-state index in [4.69, 9.17) is 0 Å². The van der Waals surface area contributed by atoms with Gasteiger partial charge in [-0.3, -0.25) is 14.5 Å². The SMILES string of the molecule is CN1C(=O)N(CC(=O)N2CCCNCC2)C(=O)C12CCCCC2. The zero-order valence-electron chi connectivity index (χ0n) is 13.8. The second-order valence-corrected chi connectivity index (χ2v) is 6.81. The summed E-state index contributed by atoms with van der Waals surface area (Å²) in [6.07, 6.45) is 5.36. The molecule has 4 amide bonds. The lowest BCUT2D eigenvalue weighted by Gasteiger charge is -2.35. The van der Waals surface area contributed by atoms with Gasteiger partial charge in [0.2, 0.25) is 5.91 Å². The highest BCUT2D eigenvalue weighted by Crippen LogP contribution is 2.39. The largest absolute Gasteiger partial charge is 0.340 e. The molecule has 0 bridgehead atoms. The summed E-state index contributed by atoms with van der Waals surface area (Å²) in [5.41, 5.74) is -0.698. The number of hydrogen-bond acceptors (Lipinski definition) is 4. The van der Waals surface area contributed by atoms with Crippen LogP contribution in [0.3, 0.4) is 0 Å². The third-order valence-electron chi connectivity index (χ3n) is 5.47.